The van der Waals surface area contributed by atoms with E-state index in [1.54, 1.807) is 0 Å². The molecule has 1 aliphatic carbocycles. The molecule has 0 unspecified atom stereocenters. The number of hydrogen-bond donors (Lipinski definition) is 2. The zero-order chi connectivity index (χ0) is 20.3. The maximum Gasteiger partial charge on any atom is 0.240 e. The van der Waals surface area contributed by atoms with E-state index in [4.69, 9.17) is 4.74 Å². The molecule has 6 nitrogen and oxygen atoms in total. The van der Waals surface area contributed by atoms with E-state index < -0.39 is 5.41 Å². The van der Waals surface area contributed by atoms with E-state index >= 15 is 0 Å². The summed E-state index contributed by atoms with van der Waals surface area (Å²) >= 11 is 0. The van der Waals surface area contributed by atoms with E-state index in [9.17, 15) is 9.59 Å². The largest absolute Gasteiger partial charge is 0.378 e. The van der Waals surface area contributed by atoms with Crippen molar-refractivity contribution in [2.75, 3.05) is 36.5 Å². The van der Waals surface area contributed by atoms with Crippen LogP contribution in [0.4, 0.5) is 11.4 Å². The Morgan fingerprint density at radius 3 is 2.52 bits per heavy atom. The predicted octanol–water partition coefficient (Wildman–Crippen LogP) is 2.87. The lowest BCUT2D eigenvalue weighted by molar-refractivity contribution is -0.134. The lowest BCUT2D eigenvalue weighted by Gasteiger charge is -2.30. The molecule has 0 atom stereocenters. The van der Waals surface area contributed by atoms with Gasteiger partial charge in [0.2, 0.25) is 11.8 Å². The second-order valence-electron chi connectivity index (χ2n) is 7.82. The third kappa shape index (κ3) is 4.27. The first kappa shape index (κ1) is 19.5. The molecule has 0 bridgehead atoms. The maximum atomic E-state index is 13.0. The van der Waals surface area contributed by atoms with Crippen LogP contribution >= 0.6 is 0 Å². The molecule has 1 saturated carbocycles. The van der Waals surface area contributed by atoms with Crippen molar-refractivity contribution in [3.63, 3.8) is 0 Å². The monoisotopic (exact) mass is 393 g/mol. The van der Waals surface area contributed by atoms with Crippen LogP contribution in [0.25, 0.3) is 0 Å². The van der Waals surface area contributed by atoms with Crippen LogP contribution < -0.4 is 15.5 Å². The second-order valence-corrected chi connectivity index (χ2v) is 7.82. The number of ether oxygens (including phenoxy) is 1. The van der Waals surface area contributed by atoms with Crippen LogP contribution in [0.15, 0.2) is 48.5 Å². The number of amides is 2. The number of carbonyl (C=O) groups is 2. The number of benzene rings is 2. The molecule has 2 aromatic rings. The Hall–Kier alpha value is -2.86. The topological polar surface area (TPSA) is 70.7 Å². The second kappa shape index (κ2) is 8.25. The van der Waals surface area contributed by atoms with Gasteiger partial charge in [-0.2, -0.15) is 0 Å². The Morgan fingerprint density at radius 1 is 1.03 bits per heavy atom. The first-order valence-corrected chi connectivity index (χ1v) is 10.2. The van der Waals surface area contributed by atoms with E-state index in [1.807, 2.05) is 55.5 Å². The van der Waals surface area contributed by atoms with Crippen LogP contribution in [0.5, 0.6) is 0 Å². The lowest BCUT2D eigenvalue weighted by atomic mass is 10.0. The average molecular weight is 393 g/mol. The highest BCUT2D eigenvalue weighted by Gasteiger charge is 2.56. The summed E-state index contributed by atoms with van der Waals surface area (Å²) in [6.07, 6.45) is 1.16. The van der Waals surface area contributed by atoms with E-state index in [-0.39, 0.29) is 11.8 Å². The number of anilines is 2. The molecule has 1 heterocycles. The summed E-state index contributed by atoms with van der Waals surface area (Å²) in [6.45, 7) is 5.37. The number of rotatable bonds is 6. The van der Waals surface area contributed by atoms with Crippen LogP contribution in [0.2, 0.25) is 0 Å². The highest BCUT2D eigenvalue weighted by Crippen LogP contribution is 2.47. The Morgan fingerprint density at radius 2 is 1.79 bits per heavy atom. The van der Waals surface area contributed by atoms with Crippen molar-refractivity contribution >= 4 is 23.2 Å². The van der Waals surface area contributed by atoms with Crippen molar-refractivity contribution in [3.8, 4) is 0 Å². The fourth-order valence-electron chi connectivity index (χ4n) is 3.76. The minimum Gasteiger partial charge on any atom is -0.378 e. The Balaban J connectivity index is 1.42. The number of para-hydroxylation sites is 2. The van der Waals surface area contributed by atoms with Crippen molar-refractivity contribution in [1.82, 2.24) is 5.32 Å². The average Bonchev–Trinajstić information content (AvgIpc) is 3.55. The zero-order valence-electron chi connectivity index (χ0n) is 16.7. The molecule has 2 aromatic carbocycles. The van der Waals surface area contributed by atoms with Gasteiger partial charge in [0, 0.05) is 19.6 Å². The molecule has 1 saturated heterocycles. The molecule has 1 aliphatic heterocycles. The lowest BCUT2D eigenvalue weighted by Crippen LogP contribution is -2.40. The van der Waals surface area contributed by atoms with E-state index in [2.05, 4.69) is 15.5 Å². The number of morpholine rings is 1. The molecule has 152 valence electrons. The van der Waals surface area contributed by atoms with Crippen molar-refractivity contribution in [2.24, 2.45) is 5.41 Å². The molecular weight excluding hydrogens is 366 g/mol. The van der Waals surface area contributed by atoms with Crippen LogP contribution in [0.3, 0.4) is 0 Å². The summed E-state index contributed by atoms with van der Waals surface area (Å²) in [5, 5.41) is 5.96. The minimum absolute atomic E-state index is 0.194. The van der Waals surface area contributed by atoms with Gasteiger partial charge in [0.1, 0.15) is 5.41 Å². The van der Waals surface area contributed by atoms with E-state index in [1.165, 1.54) is 0 Å². The maximum absolute atomic E-state index is 13.0. The number of hydrogen-bond acceptors (Lipinski definition) is 4. The van der Waals surface area contributed by atoms with Gasteiger partial charge < -0.3 is 20.3 Å². The first-order valence-electron chi connectivity index (χ1n) is 10.2. The van der Waals surface area contributed by atoms with Crippen LogP contribution in [-0.2, 0) is 20.9 Å². The summed E-state index contributed by atoms with van der Waals surface area (Å²) < 4.78 is 5.43. The fraction of sp³-hybridized carbons (Fsp3) is 0.391. The molecule has 29 heavy (non-hydrogen) atoms. The van der Waals surface area contributed by atoms with Crippen LogP contribution in [0, 0.1) is 12.3 Å². The van der Waals surface area contributed by atoms with Gasteiger partial charge >= 0.3 is 0 Å². The molecule has 2 aliphatic rings. The van der Waals surface area contributed by atoms with Gasteiger partial charge in [0.05, 0.1) is 24.6 Å². The molecule has 0 spiro atoms. The van der Waals surface area contributed by atoms with Gasteiger partial charge in [-0.05, 0) is 37.5 Å². The summed E-state index contributed by atoms with van der Waals surface area (Å²) in [7, 11) is 0. The number of nitrogens with one attached hydrogen (secondary N) is 2. The van der Waals surface area contributed by atoms with Crippen molar-refractivity contribution in [1.29, 1.82) is 0 Å². The first-order chi connectivity index (χ1) is 14.1. The molecule has 2 fully saturated rings. The molecule has 0 radical (unpaired) electrons. The molecular formula is C23H27N3O3. The molecule has 0 aromatic heterocycles. The van der Waals surface area contributed by atoms with Gasteiger partial charge in [-0.3, -0.25) is 9.59 Å². The number of aryl methyl sites for hydroxylation is 1. The third-order valence-electron chi connectivity index (χ3n) is 5.66. The fourth-order valence-corrected chi connectivity index (χ4v) is 3.76. The molecule has 6 heteroatoms. The highest BCUT2D eigenvalue weighted by atomic mass is 16.5. The van der Waals surface area contributed by atoms with Gasteiger partial charge in [-0.25, -0.2) is 0 Å². The zero-order valence-corrected chi connectivity index (χ0v) is 16.7. The van der Waals surface area contributed by atoms with Gasteiger partial charge in [0.15, 0.2) is 0 Å². The van der Waals surface area contributed by atoms with E-state index in [0.717, 1.165) is 35.6 Å². The smallest absolute Gasteiger partial charge is 0.240 e. The van der Waals surface area contributed by atoms with Gasteiger partial charge in [-0.15, -0.1) is 0 Å². The summed E-state index contributed by atoms with van der Waals surface area (Å²) in [6, 6.07) is 15.8. The van der Waals surface area contributed by atoms with Crippen LogP contribution in [-0.4, -0.2) is 38.1 Å². The quantitative estimate of drug-likeness (QED) is 0.741. The number of carbonyl (C=O) groups excluding carboxylic acids is 2. The summed E-state index contributed by atoms with van der Waals surface area (Å²) in [5.41, 5.74) is 2.95. The van der Waals surface area contributed by atoms with Gasteiger partial charge in [-0.1, -0.05) is 42.0 Å². The summed E-state index contributed by atoms with van der Waals surface area (Å²) in [4.78, 5) is 28.0. The predicted molar refractivity (Wildman–Crippen MR) is 113 cm³/mol. The third-order valence-corrected chi connectivity index (χ3v) is 5.66. The molecule has 2 amide bonds. The molecule has 2 N–H and O–H groups in total. The SMILES string of the molecule is Cc1cccc(CNC(=O)C2(C(=O)Nc3ccccc3N3CCOCC3)CC2)c1. The normalized spacial score (nSPS) is 17.5. The van der Waals surface area contributed by atoms with Crippen LogP contribution in [0.1, 0.15) is 24.0 Å². The van der Waals surface area contributed by atoms with Crippen molar-refractivity contribution < 1.29 is 14.3 Å². The Labute approximate surface area is 171 Å². The Kier molecular flexibility index (Phi) is 5.53. The minimum atomic E-state index is -0.956. The molecule has 4 rings (SSSR count). The van der Waals surface area contributed by atoms with Crippen molar-refractivity contribution in [2.45, 2.75) is 26.3 Å². The Bertz CT molecular complexity index is 902. The summed E-state index contributed by atoms with van der Waals surface area (Å²) in [5.74, 6) is -0.416. The van der Waals surface area contributed by atoms with E-state index in [0.29, 0.717) is 32.6 Å². The number of nitrogens with zero attached hydrogens (tertiary/aromatic N) is 1. The standard InChI is InChI=1S/C23H27N3O3/c1-17-5-4-6-18(15-17)16-24-21(27)23(9-10-23)22(28)25-19-7-2-3-8-20(19)26-11-13-29-14-12-26/h2-8,15H,9-14,16H2,1H3,(H,24,27)(H,25,28). The highest BCUT2D eigenvalue weighted by molar-refractivity contribution is 6.13. The van der Waals surface area contributed by atoms with Crippen molar-refractivity contribution in [3.05, 3.63) is 59.7 Å². The van der Waals surface area contributed by atoms with Gasteiger partial charge in [0.25, 0.3) is 0 Å².